The normalized spacial score (nSPS) is 12.0. The average molecular weight is 333 g/mol. The minimum Gasteiger partial charge on any atom is -0.497 e. The van der Waals surface area contributed by atoms with Gasteiger partial charge in [-0.1, -0.05) is 6.07 Å². The molecule has 2 aromatic rings. The number of thioether (sulfide) groups is 1. The fourth-order valence-corrected chi connectivity index (χ4v) is 3.08. The van der Waals surface area contributed by atoms with Gasteiger partial charge in [0, 0.05) is 16.6 Å². The maximum absolute atomic E-state index is 12.1. The molecule has 0 fully saturated rings. The number of amides is 1. The molecule has 0 saturated heterocycles. The fourth-order valence-electron chi connectivity index (χ4n) is 2.32. The van der Waals surface area contributed by atoms with Crippen LogP contribution in [0.25, 0.3) is 0 Å². The molecule has 0 aliphatic carbocycles. The molecule has 1 heterocycles. The lowest BCUT2D eigenvalue weighted by Crippen LogP contribution is -2.37. The summed E-state index contributed by atoms with van der Waals surface area (Å²) in [5.41, 5.74) is 2.10. The SMILES string of the molecule is COc1cccc(SCC(=O)NC(C)Cn2nc(C)cc2C)c1. The number of nitrogens with one attached hydrogen (secondary N) is 1. The third-order valence-electron chi connectivity index (χ3n) is 3.37. The number of aryl methyl sites for hydroxylation is 2. The van der Waals surface area contributed by atoms with Crippen molar-refractivity contribution in [1.29, 1.82) is 0 Å². The maximum atomic E-state index is 12.1. The van der Waals surface area contributed by atoms with Gasteiger partial charge >= 0.3 is 0 Å². The van der Waals surface area contributed by atoms with Gasteiger partial charge in [-0.2, -0.15) is 5.10 Å². The van der Waals surface area contributed by atoms with E-state index in [9.17, 15) is 4.79 Å². The van der Waals surface area contributed by atoms with Crippen LogP contribution in [0.3, 0.4) is 0 Å². The van der Waals surface area contributed by atoms with Crippen LogP contribution in [0.2, 0.25) is 0 Å². The van der Waals surface area contributed by atoms with Gasteiger partial charge in [-0.15, -0.1) is 11.8 Å². The van der Waals surface area contributed by atoms with Gasteiger partial charge in [0.1, 0.15) is 5.75 Å². The van der Waals surface area contributed by atoms with Gasteiger partial charge in [-0.05, 0) is 45.0 Å². The Morgan fingerprint density at radius 3 is 2.83 bits per heavy atom. The molecule has 0 bridgehead atoms. The number of benzene rings is 1. The monoisotopic (exact) mass is 333 g/mol. The number of rotatable bonds is 7. The number of methoxy groups -OCH3 is 1. The molecule has 1 atom stereocenters. The molecule has 1 N–H and O–H groups in total. The highest BCUT2D eigenvalue weighted by Crippen LogP contribution is 2.22. The van der Waals surface area contributed by atoms with E-state index in [1.54, 1.807) is 7.11 Å². The second kappa shape index (κ2) is 8.06. The first-order valence-corrected chi connectivity index (χ1v) is 8.53. The Morgan fingerprint density at radius 1 is 1.39 bits per heavy atom. The Balaban J connectivity index is 1.80. The van der Waals surface area contributed by atoms with Gasteiger partial charge in [0.15, 0.2) is 0 Å². The van der Waals surface area contributed by atoms with E-state index >= 15 is 0 Å². The number of hydrogen-bond acceptors (Lipinski definition) is 4. The number of carbonyl (C=O) groups is 1. The lowest BCUT2D eigenvalue weighted by atomic mass is 10.3. The molecule has 124 valence electrons. The van der Waals surface area contributed by atoms with Crippen LogP contribution in [0.1, 0.15) is 18.3 Å². The quantitative estimate of drug-likeness (QED) is 0.792. The number of ether oxygens (including phenoxy) is 1. The van der Waals surface area contributed by atoms with E-state index in [2.05, 4.69) is 10.4 Å². The Kier molecular flexibility index (Phi) is 6.10. The molecule has 6 heteroatoms. The number of hydrogen-bond donors (Lipinski definition) is 1. The highest BCUT2D eigenvalue weighted by Gasteiger charge is 2.11. The largest absolute Gasteiger partial charge is 0.497 e. The number of carbonyl (C=O) groups excluding carboxylic acids is 1. The summed E-state index contributed by atoms with van der Waals surface area (Å²) in [6, 6.07) is 9.78. The predicted octanol–water partition coefficient (Wildman–Crippen LogP) is 2.81. The summed E-state index contributed by atoms with van der Waals surface area (Å²) in [5, 5.41) is 7.43. The second-order valence-corrected chi connectivity index (χ2v) is 6.59. The van der Waals surface area contributed by atoms with Crippen LogP contribution in [0, 0.1) is 13.8 Å². The lowest BCUT2D eigenvalue weighted by Gasteiger charge is -2.15. The first-order valence-electron chi connectivity index (χ1n) is 7.55. The minimum absolute atomic E-state index is 0.0202. The van der Waals surface area contributed by atoms with Gasteiger partial charge < -0.3 is 10.1 Å². The van der Waals surface area contributed by atoms with Gasteiger partial charge in [-0.3, -0.25) is 9.48 Å². The zero-order valence-electron chi connectivity index (χ0n) is 14.0. The van der Waals surface area contributed by atoms with Gasteiger partial charge in [-0.25, -0.2) is 0 Å². The lowest BCUT2D eigenvalue weighted by molar-refractivity contribution is -0.119. The van der Waals surface area contributed by atoms with Crippen LogP contribution in [0.5, 0.6) is 5.75 Å². The Bertz CT molecular complexity index is 670. The van der Waals surface area contributed by atoms with Crippen LogP contribution in [-0.2, 0) is 11.3 Å². The topological polar surface area (TPSA) is 56.1 Å². The molecule has 0 aliphatic heterocycles. The number of aromatic nitrogens is 2. The molecule has 1 aromatic heterocycles. The minimum atomic E-state index is 0.0202. The van der Waals surface area contributed by atoms with Crippen molar-refractivity contribution < 1.29 is 9.53 Å². The third-order valence-corrected chi connectivity index (χ3v) is 4.36. The summed E-state index contributed by atoms with van der Waals surface area (Å²) in [5.74, 6) is 1.20. The molecule has 2 rings (SSSR count). The van der Waals surface area contributed by atoms with Gasteiger partial charge in [0.05, 0.1) is 25.1 Å². The molecule has 5 nitrogen and oxygen atoms in total. The Labute approximate surface area is 141 Å². The zero-order valence-corrected chi connectivity index (χ0v) is 14.8. The van der Waals surface area contributed by atoms with E-state index in [0.29, 0.717) is 12.3 Å². The van der Waals surface area contributed by atoms with E-state index in [-0.39, 0.29) is 11.9 Å². The second-order valence-electron chi connectivity index (χ2n) is 5.55. The van der Waals surface area contributed by atoms with Crippen molar-refractivity contribution in [3.05, 3.63) is 41.7 Å². The first-order chi connectivity index (χ1) is 11.0. The molecule has 1 amide bonds. The summed E-state index contributed by atoms with van der Waals surface area (Å²) in [6.07, 6.45) is 0. The van der Waals surface area contributed by atoms with E-state index in [1.165, 1.54) is 11.8 Å². The smallest absolute Gasteiger partial charge is 0.230 e. The standard InChI is InChI=1S/C17H23N3O2S/c1-12-8-14(3)20(19-12)10-13(2)18-17(21)11-23-16-7-5-6-15(9-16)22-4/h5-9,13H,10-11H2,1-4H3,(H,18,21). The van der Waals surface area contributed by atoms with E-state index < -0.39 is 0 Å². The summed E-state index contributed by atoms with van der Waals surface area (Å²) in [7, 11) is 1.64. The van der Waals surface area contributed by atoms with Crippen molar-refractivity contribution in [3.8, 4) is 5.75 Å². The van der Waals surface area contributed by atoms with Crippen molar-refractivity contribution >= 4 is 17.7 Å². The van der Waals surface area contributed by atoms with Crippen molar-refractivity contribution in [2.45, 2.75) is 38.3 Å². The molecule has 0 aliphatic rings. The maximum Gasteiger partial charge on any atom is 0.230 e. The van der Waals surface area contributed by atoms with Crippen molar-refractivity contribution in [3.63, 3.8) is 0 Å². The first kappa shape index (κ1) is 17.4. The molecule has 1 unspecified atom stereocenters. The van der Waals surface area contributed by atoms with Crippen LogP contribution >= 0.6 is 11.8 Å². The summed E-state index contributed by atoms with van der Waals surface area (Å²) >= 11 is 1.50. The van der Waals surface area contributed by atoms with Gasteiger partial charge in [0.25, 0.3) is 0 Å². The molecule has 1 aromatic carbocycles. The summed E-state index contributed by atoms with van der Waals surface area (Å²) < 4.78 is 7.11. The molecule has 23 heavy (non-hydrogen) atoms. The van der Waals surface area contributed by atoms with E-state index in [4.69, 9.17) is 4.74 Å². The van der Waals surface area contributed by atoms with Crippen LogP contribution in [0.15, 0.2) is 35.2 Å². The average Bonchev–Trinajstić information content (AvgIpc) is 2.83. The Hall–Kier alpha value is -1.95. The van der Waals surface area contributed by atoms with Crippen LogP contribution in [-0.4, -0.2) is 34.6 Å². The predicted molar refractivity (Wildman–Crippen MR) is 93.0 cm³/mol. The van der Waals surface area contributed by atoms with Gasteiger partial charge in [0.2, 0.25) is 5.91 Å². The van der Waals surface area contributed by atoms with E-state index in [1.807, 2.05) is 55.8 Å². The van der Waals surface area contributed by atoms with Crippen molar-refractivity contribution in [2.75, 3.05) is 12.9 Å². The third kappa shape index (κ3) is 5.32. The number of nitrogens with zero attached hydrogens (tertiary/aromatic N) is 2. The fraction of sp³-hybridized carbons (Fsp3) is 0.412. The summed E-state index contributed by atoms with van der Waals surface area (Å²) in [6.45, 7) is 6.66. The molecule has 0 spiro atoms. The van der Waals surface area contributed by atoms with Crippen molar-refractivity contribution in [2.24, 2.45) is 0 Å². The molecule has 0 radical (unpaired) electrons. The molecular weight excluding hydrogens is 310 g/mol. The van der Waals surface area contributed by atoms with Crippen molar-refractivity contribution in [1.82, 2.24) is 15.1 Å². The highest BCUT2D eigenvalue weighted by molar-refractivity contribution is 8.00. The zero-order chi connectivity index (χ0) is 16.8. The van der Waals surface area contributed by atoms with Crippen LogP contribution < -0.4 is 10.1 Å². The Morgan fingerprint density at radius 2 is 2.17 bits per heavy atom. The summed E-state index contributed by atoms with van der Waals surface area (Å²) in [4.78, 5) is 13.1. The highest BCUT2D eigenvalue weighted by atomic mass is 32.2. The molecular formula is C17H23N3O2S. The van der Waals surface area contributed by atoms with E-state index in [0.717, 1.165) is 22.0 Å². The van der Waals surface area contributed by atoms with Crippen LogP contribution in [0.4, 0.5) is 0 Å². The molecule has 0 saturated carbocycles.